The smallest absolute Gasteiger partial charge is 0.255 e. The Labute approximate surface area is 114 Å². The average molecular weight is 288 g/mol. The highest BCUT2D eigenvalue weighted by Crippen LogP contribution is 2.38. The number of carbonyl (C=O) groups is 1. The second kappa shape index (κ2) is 4.38. The maximum atomic E-state index is 12.4. The van der Waals surface area contributed by atoms with E-state index in [0.717, 1.165) is 18.7 Å². The van der Waals surface area contributed by atoms with Gasteiger partial charge in [0.15, 0.2) is 0 Å². The first-order valence-corrected chi connectivity index (χ1v) is 7.33. The molecule has 0 radical (unpaired) electrons. The topological polar surface area (TPSA) is 20.3 Å². The first-order valence-electron chi connectivity index (χ1n) is 5.53. The van der Waals surface area contributed by atoms with Crippen LogP contribution in [0.5, 0.6) is 0 Å². The number of likely N-dealkylation sites (tertiary alicyclic amines) is 1. The zero-order chi connectivity index (χ0) is 12.0. The maximum absolute atomic E-state index is 12.4. The summed E-state index contributed by atoms with van der Waals surface area (Å²) in [6, 6.07) is 5.44. The minimum absolute atomic E-state index is 0.0412. The Hall–Kier alpha value is -0.380. The number of carbonyl (C=O) groups excluding carboxylic acids is 1. The predicted octanol–water partition coefficient (Wildman–Crippen LogP) is 3.32. The highest BCUT2D eigenvalue weighted by molar-refractivity contribution is 8.00. The van der Waals surface area contributed by atoms with Crippen LogP contribution in [0, 0.1) is 0 Å². The quantitative estimate of drug-likeness (QED) is 0.790. The van der Waals surface area contributed by atoms with E-state index in [1.165, 1.54) is 0 Å². The van der Waals surface area contributed by atoms with Crippen LogP contribution in [0.3, 0.4) is 0 Å². The molecule has 3 rings (SSSR count). The summed E-state index contributed by atoms with van der Waals surface area (Å²) < 4.78 is 0. The van der Waals surface area contributed by atoms with Gasteiger partial charge in [0.1, 0.15) is 0 Å². The Kier molecular flexibility index (Phi) is 3.01. The van der Waals surface area contributed by atoms with Crippen molar-refractivity contribution in [2.75, 3.05) is 12.3 Å². The SMILES string of the molecule is O=C(c1ccc(Cl)cc1Cl)N1CC2CC1CS2. The third kappa shape index (κ3) is 2.05. The fourth-order valence-electron chi connectivity index (χ4n) is 2.47. The van der Waals surface area contributed by atoms with Crippen molar-refractivity contribution < 1.29 is 4.79 Å². The fourth-order valence-corrected chi connectivity index (χ4v) is 4.39. The lowest BCUT2D eigenvalue weighted by atomic mass is 10.2. The minimum Gasteiger partial charge on any atom is -0.334 e. The van der Waals surface area contributed by atoms with Gasteiger partial charge < -0.3 is 4.90 Å². The summed E-state index contributed by atoms with van der Waals surface area (Å²) in [5.41, 5.74) is 0.564. The van der Waals surface area contributed by atoms with Crippen molar-refractivity contribution in [2.24, 2.45) is 0 Å². The average Bonchev–Trinajstić information content (AvgIpc) is 2.89. The van der Waals surface area contributed by atoms with E-state index in [2.05, 4.69) is 0 Å². The molecular weight excluding hydrogens is 277 g/mol. The number of thioether (sulfide) groups is 1. The van der Waals surface area contributed by atoms with Gasteiger partial charge in [0.05, 0.1) is 10.6 Å². The molecule has 2 fully saturated rings. The van der Waals surface area contributed by atoms with Crippen LogP contribution in [0.15, 0.2) is 18.2 Å². The normalized spacial score (nSPS) is 26.6. The van der Waals surface area contributed by atoms with Gasteiger partial charge in [-0.05, 0) is 24.6 Å². The van der Waals surface area contributed by atoms with Crippen molar-refractivity contribution in [1.82, 2.24) is 4.90 Å². The van der Waals surface area contributed by atoms with Gasteiger partial charge in [0.25, 0.3) is 5.91 Å². The van der Waals surface area contributed by atoms with Crippen LogP contribution in [0.2, 0.25) is 10.0 Å². The summed E-state index contributed by atoms with van der Waals surface area (Å²) in [5, 5.41) is 1.62. The summed E-state index contributed by atoms with van der Waals surface area (Å²) in [5.74, 6) is 1.10. The second-order valence-corrected chi connectivity index (χ2v) is 6.60. The molecule has 0 aliphatic carbocycles. The van der Waals surface area contributed by atoms with E-state index in [1.54, 1.807) is 18.2 Å². The summed E-state index contributed by atoms with van der Waals surface area (Å²) in [4.78, 5) is 14.3. The van der Waals surface area contributed by atoms with E-state index in [0.29, 0.717) is 26.9 Å². The maximum Gasteiger partial charge on any atom is 0.255 e. The molecule has 2 aliphatic heterocycles. The van der Waals surface area contributed by atoms with E-state index < -0.39 is 0 Å². The molecule has 0 N–H and O–H groups in total. The van der Waals surface area contributed by atoms with Crippen LogP contribution >= 0.6 is 35.0 Å². The first kappa shape index (κ1) is 11.7. The number of rotatable bonds is 1. The standard InChI is InChI=1S/C12H11Cl2NOS/c13-7-1-2-10(11(14)3-7)12(16)15-5-9-4-8(15)6-17-9/h1-3,8-9H,4-6H2. The van der Waals surface area contributed by atoms with Gasteiger partial charge in [-0.3, -0.25) is 4.79 Å². The third-order valence-corrected chi connectivity index (χ3v) is 5.26. The molecular formula is C12H11Cl2NOS. The summed E-state index contributed by atoms with van der Waals surface area (Å²) >= 11 is 13.9. The molecule has 2 aliphatic rings. The monoisotopic (exact) mass is 287 g/mol. The van der Waals surface area contributed by atoms with E-state index in [9.17, 15) is 4.79 Å². The van der Waals surface area contributed by atoms with Crippen molar-refractivity contribution in [3.05, 3.63) is 33.8 Å². The summed E-state index contributed by atoms with van der Waals surface area (Å²) in [6.45, 7) is 0.854. The molecule has 2 bridgehead atoms. The van der Waals surface area contributed by atoms with Gasteiger partial charge in [-0.15, -0.1) is 0 Å². The van der Waals surface area contributed by atoms with Gasteiger partial charge in [-0.2, -0.15) is 11.8 Å². The van der Waals surface area contributed by atoms with Crippen molar-refractivity contribution in [1.29, 1.82) is 0 Å². The Morgan fingerprint density at radius 3 is 2.82 bits per heavy atom. The van der Waals surface area contributed by atoms with Gasteiger partial charge in [0.2, 0.25) is 0 Å². The highest BCUT2D eigenvalue weighted by Gasteiger charge is 2.41. The molecule has 0 saturated carbocycles. The molecule has 2 nitrogen and oxygen atoms in total. The third-order valence-electron chi connectivity index (χ3n) is 3.32. The summed E-state index contributed by atoms with van der Waals surface area (Å²) in [7, 11) is 0. The van der Waals surface area contributed by atoms with Crippen LogP contribution in [0.1, 0.15) is 16.8 Å². The van der Waals surface area contributed by atoms with E-state index in [4.69, 9.17) is 23.2 Å². The fraction of sp³-hybridized carbons (Fsp3) is 0.417. The van der Waals surface area contributed by atoms with E-state index in [1.807, 2.05) is 16.7 Å². The van der Waals surface area contributed by atoms with Gasteiger partial charge in [0, 0.05) is 28.6 Å². The van der Waals surface area contributed by atoms with E-state index >= 15 is 0 Å². The number of fused-ring (bicyclic) bond motifs is 2. The van der Waals surface area contributed by atoms with E-state index in [-0.39, 0.29) is 5.91 Å². The Bertz CT molecular complexity index is 480. The molecule has 2 unspecified atom stereocenters. The highest BCUT2D eigenvalue weighted by atomic mass is 35.5. The molecule has 2 saturated heterocycles. The molecule has 90 valence electrons. The Morgan fingerprint density at radius 1 is 1.41 bits per heavy atom. The van der Waals surface area contributed by atoms with Crippen molar-refractivity contribution >= 4 is 40.9 Å². The van der Waals surface area contributed by atoms with Crippen LogP contribution in [-0.2, 0) is 0 Å². The van der Waals surface area contributed by atoms with Crippen molar-refractivity contribution in [3.63, 3.8) is 0 Å². The Morgan fingerprint density at radius 2 is 2.24 bits per heavy atom. The van der Waals surface area contributed by atoms with Gasteiger partial charge in [-0.1, -0.05) is 23.2 Å². The minimum atomic E-state index is 0.0412. The largest absolute Gasteiger partial charge is 0.334 e. The molecule has 0 spiro atoms. The number of amides is 1. The molecule has 0 aromatic heterocycles. The number of hydrogen-bond donors (Lipinski definition) is 0. The number of benzene rings is 1. The van der Waals surface area contributed by atoms with Gasteiger partial charge in [-0.25, -0.2) is 0 Å². The second-order valence-electron chi connectivity index (χ2n) is 4.43. The summed E-state index contributed by atoms with van der Waals surface area (Å²) in [6.07, 6.45) is 1.13. The first-order chi connectivity index (χ1) is 8.15. The van der Waals surface area contributed by atoms with Crippen molar-refractivity contribution in [2.45, 2.75) is 17.7 Å². The zero-order valence-corrected chi connectivity index (χ0v) is 11.4. The lowest BCUT2D eigenvalue weighted by molar-refractivity contribution is 0.0748. The number of halogens is 2. The number of nitrogens with zero attached hydrogens (tertiary/aromatic N) is 1. The van der Waals surface area contributed by atoms with Crippen LogP contribution in [0.25, 0.3) is 0 Å². The predicted molar refractivity (Wildman–Crippen MR) is 72.1 cm³/mol. The van der Waals surface area contributed by atoms with Crippen LogP contribution in [-0.4, -0.2) is 34.4 Å². The molecule has 1 amide bonds. The molecule has 2 heterocycles. The Balaban J connectivity index is 1.87. The molecule has 1 aromatic rings. The zero-order valence-electron chi connectivity index (χ0n) is 9.03. The molecule has 2 atom stereocenters. The lowest BCUT2D eigenvalue weighted by Gasteiger charge is -2.27. The molecule has 17 heavy (non-hydrogen) atoms. The van der Waals surface area contributed by atoms with Crippen LogP contribution < -0.4 is 0 Å². The van der Waals surface area contributed by atoms with Gasteiger partial charge >= 0.3 is 0 Å². The lowest BCUT2D eigenvalue weighted by Crippen LogP contribution is -2.39. The molecule has 5 heteroatoms. The molecule has 1 aromatic carbocycles. The number of hydrogen-bond acceptors (Lipinski definition) is 2. The van der Waals surface area contributed by atoms with Crippen molar-refractivity contribution in [3.8, 4) is 0 Å². The van der Waals surface area contributed by atoms with Crippen LogP contribution in [0.4, 0.5) is 0 Å².